The maximum Gasteiger partial charge on any atom is 0.164 e. The number of aryl methyl sites for hydroxylation is 1. The molecule has 1 atom stereocenters. The summed E-state index contributed by atoms with van der Waals surface area (Å²) in [4.78, 5) is 15.2. The first-order valence-electron chi connectivity index (χ1n) is 10.7. The number of allylic oxidation sites excluding steroid dienone is 3. The lowest BCUT2D eigenvalue weighted by Crippen LogP contribution is -2.42. The smallest absolute Gasteiger partial charge is 0.164 e. The van der Waals surface area contributed by atoms with Gasteiger partial charge < -0.3 is 10.2 Å². The Kier molecular flexibility index (Phi) is 6.23. The van der Waals surface area contributed by atoms with Crippen LogP contribution in [-0.2, 0) is 4.79 Å². The lowest BCUT2D eigenvalue weighted by molar-refractivity contribution is -0.118. The number of hydrogen-bond donors (Lipinski definition) is 1. The summed E-state index contributed by atoms with van der Waals surface area (Å²) >= 11 is 4.81. The SMILES string of the molecule is CCSc1oc(C)cc1C1C(C#N)=C(N)N(c2ccc(Br)cc2F)C2=C1C(=O)CC(C)(C)C2. The van der Waals surface area contributed by atoms with Gasteiger partial charge in [0.2, 0.25) is 0 Å². The molecule has 0 saturated heterocycles. The summed E-state index contributed by atoms with van der Waals surface area (Å²) in [6.45, 7) is 7.88. The molecular weight excluding hydrogens is 505 g/mol. The highest BCUT2D eigenvalue weighted by Crippen LogP contribution is 2.52. The molecule has 1 aliphatic heterocycles. The van der Waals surface area contributed by atoms with Crippen LogP contribution in [-0.4, -0.2) is 11.5 Å². The summed E-state index contributed by atoms with van der Waals surface area (Å²) in [5.41, 5.74) is 8.61. The molecule has 1 unspecified atom stereocenters. The van der Waals surface area contributed by atoms with Crippen LogP contribution in [0.2, 0.25) is 0 Å². The standard InChI is InChI=1S/C25H25BrFN3O2S/c1-5-33-24-15(8-13(2)32-24)21-16(12-28)23(29)30(18-7-6-14(26)9-17(18)27)19-10-25(3,4)11-20(31)22(19)21/h6-9,21H,5,10-11,29H2,1-4H3. The van der Waals surface area contributed by atoms with Crippen molar-refractivity contribution in [1.29, 1.82) is 5.26 Å². The maximum absolute atomic E-state index is 15.1. The maximum atomic E-state index is 15.1. The summed E-state index contributed by atoms with van der Waals surface area (Å²) in [6, 6.07) is 8.79. The Morgan fingerprint density at radius 3 is 2.73 bits per heavy atom. The number of anilines is 1. The van der Waals surface area contributed by atoms with E-state index >= 15 is 4.39 Å². The fourth-order valence-electron chi connectivity index (χ4n) is 4.72. The van der Waals surface area contributed by atoms with Crippen LogP contribution in [0.4, 0.5) is 10.1 Å². The van der Waals surface area contributed by atoms with Crippen molar-refractivity contribution in [3.63, 3.8) is 0 Å². The molecule has 0 fully saturated rings. The van der Waals surface area contributed by atoms with Crippen LogP contribution in [0.5, 0.6) is 0 Å². The Morgan fingerprint density at radius 1 is 1.36 bits per heavy atom. The number of hydrogen-bond acceptors (Lipinski definition) is 6. The van der Waals surface area contributed by atoms with Crippen molar-refractivity contribution in [3.05, 3.63) is 68.5 Å². The van der Waals surface area contributed by atoms with Crippen LogP contribution in [0, 0.1) is 29.5 Å². The molecule has 5 nitrogen and oxygen atoms in total. The summed E-state index contributed by atoms with van der Waals surface area (Å²) in [5, 5.41) is 10.9. The molecule has 1 aliphatic carbocycles. The van der Waals surface area contributed by atoms with Gasteiger partial charge in [-0.25, -0.2) is 4.39 Å². The third kappa shape index (κ3) is 4.13. The van der Waals surface area contributed by atoms with E-state index in [2.05, 4.69) is 22.0 Å². The molecule has 33 heavy (non-hydrogen) atoms. The predicted octanol–water partition coefficient (Wildman–Crippen LogP) is 6.54. The minimum Gasteiger partial charge on any atom is -0.455 e. The number of furan rings is 1. The lowest BCUT2D eigenvalue weighted by atomic mass is 9.69. The van der Waals surface area contributed by atoms with Gasteiger partial charge in [-0.15, -0.1) is 0 Å². The molecule has 0 radical (unpaired) electrons. The molecule has 0 saturated carbocycles. The average Bonchev–Trinajstić information content (AvgIpc) is 3.07. The molecule has 4 rings (SSSR count). The Labute approximate surface area is 205 Å². The van der Waals surface area contributed by atoms with E-state index in [0.717, 1.165) is 11.3 Å². The number of rotatable bonds is 4. The number of nitrogens with zero attached hydrogens (tertiary/aromatic N) is 2. The second kappa shape index (κ2) is 8.69. The minimum absolute atomic E-state index is 0.0553. The summed E-state index contributed by atoms with van der Waals surface area (Å²) in [6.07, 6.45) is 0.858. The van der Waals surface area contributed by atoms with E-state index in [1.165, 1.54) is 17.8 Å². The minimum atomic E-state index is -0.644. The Balaban J connectivity index is 2.03. The van der Waals surface area contributed by atoms with Crippen LogP contribution in [0.15, 0.2) is 60.9 Å². The lowest BCUT2D eigenvalue weighted by Gasteiger charge is -2.43. The number of halogens is 2. The van der Waals surface area contributed by atoms with E-state index in [1.807, 2.05) is 33.8 Å². The van der Waals surface area contributed by atoms with Crippen molar-refractivity contribution in [1.82, 2.24) is 0 Å². The number of carbonyl (C=O) groups excluding carboxylic acids is 1. The molecule has 172 valence electrons. The van der Waals surface area contributed by atoms with E-state index < -0.39 is 11.7 Å². The number of nitrogens with two attached hydrogens (primary N) is 1. The summed E-state index contributed by atoms with van der Waals surface area (Å²) in [5.74, 6) is 0.419. The van der Waals surface area contributed by atoms with Crippen molar-refractivity contribution in [2.24, 2.45) is 11.1 Å². The van der Waals surface area contributed by atoms with Gasteiger partial charge in [-0.3, -0.25) is 9.69 Å². The summed E-state index contributed by atoms with van der Waals surface area (Å²) < 4.78 is 21.6. The second-order valence-corrected chi connectivity index (χ2v) is 11.3. The highest BCUT2D eigenvalue weighted by molar-refractivity contribution is 9.10. The largest absolute Gasteiger partial charge is 0.455 e. The Bertz CT molecular complexity index is 1250. The van der Waals surface area contributed by atoms with Crippen LogP contribution in [0.1, 0.15) is 50.9 Å². The van der Waals surface area contributed by atoms with Crippen molar-refractivity contribution in [3.8, 4) is 6.07 Å². The van der Waals surface area contributed by atoms with Gasteiger partial charge in [0, 0.05) is 27.7 Å². The zero-order chi connectivity index (χ0) is 24.1. The first-order chi connectivity index (χ1) is 15.6. The third-order valence-electron chi connectivity index (χ3n) is 5.97. The monoisotopic (exact) mass is 529 g/mol. The normalized spacial score (nSPS) is 20.2. The van der Waals surface area contributed by atoms with Gasteiger partial charge >= 0.3 is 0 Å². The molecule has 0 spiro atoms. The van der Waals surface area contributed by atoms with Crippen molar-refractivity contribution in [2.75, 3.05) is 10.7 Å². The number of Topliss-reactive ketones (excluding diaryl/α,β-unsaturated/α-hetero) is 1. The molecular formula is C25H25BrFN3O2S. The molecule has 1 aromatic carbocycles. The fourth-order valence-corrected chi connectivity index (χ4v) is 5.84. The molecule has 2 N–H and O–H groups in total. The van der Waals surface area contributed by atoms with E-state index in [1.54, 1.807) is 17.0 Å². The Hall–Kier alpha value is -2.50. The van der Waals surface area contributed by atoms with Gasteiger partial charge in [0.15, 0.2) is 10.9 Å². The van der Waals surface area contributed by atoms with Gasteiger partial charge in [-0.1, -0.05) is 48.5 Å². The fraction of sp³-hybridized carbons (Fsp3) is 0.360. The highest BCUT2D eigenvalue weighted by atomic mass is 79.9. The number of ketones is 1. The molecule has 2 aliphatic rings. The molecule has 2 heterocycles. The van der Waals surface area contributed by atoms with E-state index in [0.29, 0.717) is 39.4 Å². The quantitative estimate of drug-likeness (QED) is 0.452. The molecule has 0 amide bonds. The van der Waals surface area contributed by atoms with E-state index in [-0.39, 0.29) is 28.3 Å². The van der Waals surface area contributed by atoms with E-state index in [4.69, 9.17) is 10.2 Å². The predicted molar refractivity (Wildman–Crippen MR) is 131 cm³/mol. The molecule has 0 bridgehead atoms. The number of nitriles is 1. The first kappa shape index (κ1) is 23.7. The average molecular weight is 530 g/mol. The zero-order valence-corrected chi connectivity index (χ0v) is 21.4. The second-order valence-electron chi connectivity index (χ2n) is 9.11. The van der Waals surface area contributed by atoms with Gasteiger partial charge in [0.05, 0.1) is 23.2 Å². The topological polar surface area (TPSA) is 83.3 Å². The van der Waals surface area contributed by atoms with Crippen molar-refractivity contribution < 1.29 is 13.6 Å². The first-order valence-corrected chi connectivity index (χ1v) is 12.5. The van der Waals surface area contributed by atoms with Crippen LogP contribution in [0.3, 0.4) is 0 Å². The van der Waals surface area contributed by atoms with E-state index in [9.17, 15) is 10.1 Å². The van der Waals surface area contributed by atoms with Gasteiger partial charge in [0.25, 0.3) is 0 Å². The van der Waals surface area contributed by atoms with Crippen molar-refractivity contribution >= 4 is 39.2 Å². The van der Waals surface area contributed by atoms with Crippen LogP contribution in [0.25, 0.3) is 0 Å². The molecule has 8 heteroatoms. The number of benzene rings is 1. The highest BCUT2D eigenvalue weighted by Gasteiger charge is 2.46. The molecule has 1 aromatic heterocycles. The third-order valence-corrected chi connectivity index (χ3v) is 7.33. The van der Waals surface area contributed by atoms with Gasteiger partial charge in [-0.2, -0.15) is 5.26 Å². The summed E-state index contributed by atoms with van der Waals surface area (Å²) in [7, 11) is 0. The number of carbonyl (C=O) groups is 1. The Morgan fingerprint density at radius 2 is 2.09 bits per heavy atom. The molecule has 2 aromatic rings. The number of thioether (sulfide) groups is 1. The van der Waals surface area contributed by atoms with Gasteiger partial charge in [0.1, 0.15) is 17.4 Å². The zero-order valence-electron chi connectivity index (χ0n) is 19.0. The van der Waals surface area contributed by atoms with Crippen LogP contribution >= 0.6 is 27.7 Å². The van der Waals surface area contributed by atoms with Crippen molar-refractivity contribution in [2.45, 2.75) is 51.5 Å². The van der Waals surface area contributed by atoms with Crippen LogP contribution < -0.4 is 10.6 Å². The van der Waals surface area contributed by atoms with Gasteiger partial charge in [-0.05, 0) is 48.8 Å².